The summed E-state index contributed by atoms with van der Waals surface area (Å²) >= 11 is 0. The molecule has 0 aromatic heterocycles. The molecule has 5 heteroatoms. The van der Waals surface area contributed by atoms with Gasteiger partial charge in [0, 0.05) is 19.6 Å². The van der Waals surface area contributed by atoms with Crippen LogP contribution in [0.15, 0.2) is 24.3 Å². The third kappa shape index (κ3) is 2.42. The molecule has 1 saturated heterocycles. The number of carboxylic acid groups (broad SMARTS) is 2. The molecule has 2 N–H and O–H groups in total. The van der Waals surface area contributed by atoms with Crippen LogP contribution in [0.2, 0.25) is 0 Å². The molecule has 0 amide bonds. The number of aliphatic carboxylic acids is 1. The lowest BCUT2D eigenvalue weighted by molar-refractivity contribution is -0.149. The molecule has 0 bridgehead atoms. The smallest absolute Gasteiger partial charge is 0.335 e. The standard InChI is InChI=1S/C16H19NO4/c18-14(19)12-4-1-3-11(7-12)8-17-9-13-5-2-6-16(13,10-17)15(20)21/h1,3-4,7,13H,2,5-6,8-10H2,(H,18,19)(H,20,21)/t13-,16+/m0/s1. The number of carboxylic acids is 2. The summed E-state index contributed by atoms with van der Waals surface area (Å²) < 4.78 is 0. The van der Waals surface area contributed by atoms with E-state index in [1.165, 1.54) is 0 Å². The van der Waals surface area contributed by atoms with Crippen LogP contribution in [0.25, 0.3) is 0 Å². The lowest BCUT2D eigenvalue weighted by atomic mass is 9.81. The number of fused-ring (bicyclic) bond motifs is 1. The molecule has 0 unspecified atom stereocenters. The Morgan fingerprint density at radius 1 is 1.33 bits per heavy atom. The van der Waals surface area contributed by atoms with Crippen LogP contribution in [-0.4, -0.2) is 40.1 Å². The lowest BCUT2D eigenvalue weighted by Gasteiger charge is -2.23. The maximum absolute atomic E-state index is 11.6. The van der Waals surface area contributed by atoms with Crippen LogP contribution in [0.1, 0.15) is 35.2 Å². The number of benzene rings is 1. The maximum Gasteiger partial charge on any atom is 0.335 e. The molecular formula is C16H19NO4. The first kappa shape index (κ1) is 14.1. The quantitative estimate of drug-likeness (QED) is 0.887. The molecule has 1 heterocycles. The van der Waals surface area contributed by atoms with E-state index in [1.807, 2.05) is 6.07 Å². The van der Waals surface area contributed by atoms with Crippen LogP contribution in [0.4, 0.5) is 0 Å². The molecule has 112 valence electrons. The average Bonchev–Trinajstić information content (AvgIpc) is 2.96. The Labute approximate surface area is 123 Å². The molecule has 2 atom stereocenters. The van der Waals surface area contributed by atoms with E-state index in [0.29, 0.717) is 13.1 Å². The summed E-state index contributed by atoms with van der Waals surface area (Å²) in [7, 11) is 0. The van der Waals surface area contributed by atoms with Crippen LogP contribution >= 0.6 is 0 Å². The lowest BCUT2D eigenvalue weighted by Crippen LogP contribution is -2.35. The largest absolute Gasteiger partial charge is 0.481 e. The van der Waals surface area contributed by atoms with E-state index in [9.17, 15) is 14.7 Å². The van der Waals surface area contributed by atoms with E-state index < -0.39 is 17.4 Å². The fraction of sp³-hybridized carbons (Fsp3) is 0.500. The zero-order valence-electron chi connectivity index (χ0n) is 11.8. The molecule has 3 rings (SSSR count). The third-order valence-corrected chi connectivity index (χ3v) is 4.95. The summed E-state index contributed by atoms with van der Waals surface area (Å²) in [5.41, 5.74) is 0.625. The SMILES string of the molecule is O=C(O)c1cccc(CN2C[C@@H]3CCC[C@@]3(C(=O)O)C2)c1. The number of hydrogen-bond donors (Lipinski definition) is 2. The zero-order valence-corrected chi connectivity index (χ0v) is 11.8. The first-order valence-corrected chi connectivity index (χ1v) is 7.29. The van der Waals surface area contributed by atoms with Gasteiger partial charge in [0.25, 0.3) is 0 Å². The Hall–Kier alpha value is -1.88. The predicted molar refractivity (Wildman–Crippen MR) is 76.1 cm³/mol. The monoisotopic (exact) mass is 289 g/mol. The van der Waals surface area contributed by atoms with Crippen molar-refractivity contribution in [3.63, 3.8) is 0 Å². The highest BCUT2D eigenvalue weighted by Crippen LogP contribution is 2.49. The van der Waals surface area contributed by atoms with Crippen molar-refractivity contribution in [3.05, 3.63) is 35.4 Å². The van der Waals surface area contributed by atoms with Crippen LogP contribution in [-0.2, 0) is 11.3 Å². The molecule has 21 heavy (non-hydrogen) atoms. The van der Waals surface area contributed by atoms with Crippen molar-refractivity contribution in [2.75, 3.05) is 13.1 Å². The second kappa shape index (κ2) is 5.15. The highest BCUT2D eigenvalue weighted by atomic mass is 16.4. The van der Waals surface area contributed by atoms with E-state index in [4.69, 9.17) is 5.11 Å². The van der Waals surface area contributed by atoms with E-state index >= 15 is 0 Å². The molecular weight excluding hydrogens is 270 g/mol. The normalized spacial score (nSPS) is 28.5. The Morgan fingerprint density at radius 3 is 2.81 bits per heavy atom. The number of likely N-dealkylation sites (tertiary alicyclic amines) is 1. The summed E-state index contributed by atoms with van der Waals surface area (Å²) in [6, 6.07) is 6.88. The van der Waals surface area contributed by atoms with Crippen LogP contribution in [0.3, 0.4) is 0 Å². The Kier molecular flexibility index (Phi) is 3.45. The maximum atomic E-state index is 11.6. The van der Waals surface area contributed by atoms with Gasteiger partial charge in [-0.2, -0.15) is 0 Å². The number of aromatic carboxylic acids is 1. The van der Waals surface area contributed by atoms with Gasteiger partial charge >= 0.3 is 11.9 Å². The Morgan fingerprint density at radius 2 is 2.14 bits per heavy atom. The minimum absolute atomic E-state index is 0.234. The van der Waals surface area contributed by atoms with Crippen molar-refractivity contribution in [2.45, 2.75) is 25.8 Å². The number of hydrogen-bond acceptors (Lipinski definition) is 3. The molecule has 1 aromatic rings. The Balaban J connectivity index is 1.74. The zero-order chi connectivity index (χ0) is 15.0. The van der Waals surface area contributed by atoms with Gasteiger partial charge in [0.1, 0.15) is 0 Å². The van der Waals surface area contributed by atoms with Crippen LogP contribution < -0.4 is 0 Å². The molecule has 1 aliphatic carbocycles. The van der Waals surface area contributed by atoms with Gasteiger partial charge in [-0.05, 0) is 36.5 Å². The molecule has 5 nitrogen and oxygen atoms in total. The molecule has 2 fully saturated rings. The molecule has 0 radical (unpaired) electrons. The number of carbonyl (C=O) groups is 2. The minimum atomic E-state index is -0.933. The van der Waals surface area contributed by atoms with Gasteiger partial charge in [0.15, 0.2) is 0 Å². The second-order valence-electron chi connectivity index (χ2n) is 6.23. The molecule has 1 saturated carbocycles. The van der Waals surface area contributed by atoms with Crippen molar-refractivity contribution >= 4 is 11.9 Å². The van der Waals surface area contributed by atoms with Gasteiger partial charge in [0.05, 0.1) is 11.0 Å². The summed E-state index contributed by atoms with van der Waals surface area (Å²) in [4.78, 5) is 24.8. The Bertz CT molecular complexity index is 585. The third-order valence-electron chi connectivity index (χ3n) is 4.95. The van der Waals surface area contributed by atoms with Crippen LogP contribution in [0, 0.1) is 11.3 Å². The van der Waals surface area contributed by atoms with E-state index in [0.717, 1.165) is 31.4 Å². The van der Waals surface area contributed by atoms with Gasteiger partial charge in [-0.1, -0.05) is 18.6 Å². The number of nitrogens with zero attached hydrogens (tertiary/aromatic N) is 1. The fourth-order valence-electron chi connectivity index (χ4n) is 3.92. The van der Waals surface area contributed by atoms with E-state index in [-0.39, 0.29) is 11.5 Å². The molecule has 2 aliphatic rings. The van der Waals surface area contributed by atoms with Crippen molar-refractivity contribution < 1.29 is 19.8 Å². The molecule has 0 spiro atoms. The average molecular weight is 289 g/mol. The molecule has 1 aromatic carbocycles. The minimum Gasteiger partial charge on any atom is -0.481 e. The van der Waals surface area contributed by atoms with Gasteiger partial charge in [-0.15, -0.1) is 0 Å². The highest BCUT2D eigenvalue weighted by Gasteiger charge is 2.54. The van der Waals surface area contributed by atoms with Gasteiger partial charge in [-0.3, -0.25) is 9.69 Å². The summed E-state index contributed by atoms with van der Waals surface area (Å²) in [6.07, 6.45) is 2.75. The van der Waals surface area contributed by atoms with Gasteiger partial charge in [-0.25, -0.2) is 4.79 Å². The summed E-state index contributed by atoms with van der Waals surface area (Å²) in [5, 5.41) is 18.6. The predicted octanol–water partition coefficient (Wildman–Crippen LogP) is 2.07. The van der Waals surface area contributed by atoms with E-state index in [1.54, 1.807) is 18.2 Å². The van der Waals surface area contributed by atoms with Crippen molar-refractivity contribution in [1.82, 2.24) is 4.90 Å². The van der Waals surface area contributed by atoms with E-state index in [2.05, 4.69) is 4.90 Å². The topological polar surface area (TPSA) is 77.8 Å². The second-order valence-corrected chi connectivity index (χ2v) is 6.23. The summed E-state index contributed by atoms with van der Waals surface area (Å²) in [6.45, 7) is 1.99. The number of rotatable bonds is 4. The first-order chi connectivity index (χ1) is 10.0. The summed E-state index contributed by atoms with van der Waals surface area (Å²) in [5.74, 6) is -1.37. The van der Waals surface area contributed by atoms with Crippen molar-refractivity contribution in [1.29, 1.82) is 0 Å². The van der Waals surface area contributed by atoms with Gasteiger partial charge < -0.3 is 10.2 Å². The fourth-order valence-corrected chi connectivity index (χ4v) is 3.92. The first-order valence-electron chi connectivity index (χ1n) is 7.29. The van der Waals surface area contributed by atoms with Crippen molar-refractivity contribution in [3.8, 4) is 0 Å². The van der Waals surface area contributed by atoms with Gasteiger partial charge in [0.2, 0.25) is 0 Å². The van der Waals surface area contributed by atoms with Crippen molar-refractivity contribution in [2.24, 2.45) is 11.3 Å². The molecule has 1 aliphatic heterocycles. The highest BCUT2D eigenvalue weighted by molar-refractivity contribution is 5.87. The van der Waals surface area contributed by atoms with Crippen LogP contribution in [0.5, 0.6) is 0 Å².